The van der Waals surface area contributed by atoms with Gasteiger partial charge in [0, 0.05) is 12.1 Å². The van der Waals surface area contributed by atoms with Crippen LogP contribution >= 0.6 is 11.6 Å². The number of alkyl halides is 1. The molecule has 1 aromatic heterocycles. The van der Waals surface area contributed by atoms with Crippen LogP contribution in [0.1, 0.15) is 19.4 Å². The first-order valence-corrected chi connectivity index (χ1v) is 6.14. The van der Waals surface area contributed by atoms with Crippen LogP contribution in [0, 0.1) is 5.82 Å². The number of anilines is 1. The van der Waals surface area contributed by atoms with Crippen molar-refractivity contribution in [2.45, 2.75) is 25.3 Å². The largest absolute Gasteiger partial charge is 0.377 e. The highest BCUT2D eigenvalue weighted by atomic mass is 35.5. The van der Waals surface area contributed by atoms with Crippen molar-refractivity contribution in [3.05, 3.63) is 23.6 Å². The van der Waals surface area contributed by atoms with E-state index in [0.29, 0.717) is 13.2 Å². The first kappa shape index (κ1) is 12.6. The lowest BCUT2D eigenvalue weighted by molar-refractivity contribution is 0.0638. The van der Waals surface area contributed by atoms with Crippen LogP contribution in [0.2, 0.25) is 0 Å². The number of halogens is 2. The molecular formula is C12H16ClFN2O. The Hall–Kier alpha value is -0.870. The van der Waals surface area contributed by atoms with E-state index in [1.54, 1.807) is 0 Å². The predicted molar refractivity (Wildman–Crippen MR) is 66.0 cm³/mol. The molecule has 0 spiro atoms. The standard InChI is InChI=1S/C12H16ClFN2O/c1-12(2)8-17-4-3-16(12)11-9(6-13)5-10(14)7-15-11/h5,7H,3-4,6,8H2,1-2H3. The SMILES string of the molecule is CC1(C)COCCN1c1ncc(F)cc1CCl. The number of rotatable bonds is 2. The zero-order valence-corrected chi connectivity index (χ0v) is 10.8. The van der Waals surface area contributed by atoms with Gasteiger partial charge in [0.05, 0.1) is 30.8 Å². The second-order valence-corrected chi connectivity index (χ2v) is 5.05. The van der Waals surface area contributed by atoms with Crippen LogP contribution in [-0.4, -0.2) is 30.3 Å². The van der Waals surface area contributed by atoms with Crippen LogP contribution in [-0.2, 0) is 10.6 Å². The summed E-state index contributed by atoms with van der Waals surface area (Å²) in [6.07, 6.45) is 1.23. The third-order valence-corrected chi connectivity index (χ3v) is 3.24. The van der Waals surface area contributed by atoms with Gasteiger partial charge < -0.3 is 9.64 Å². The van der Waals surface area contributed by atoms with Gasteiger partial charge in [-0.1, -0.05) is 0 Å². The maximum atomic E-state index is 13.1. The molecule has 1 fully saturated rings. The van der Waals surface area contributed by atoms with Crippen LogP contribution in [0.25, 0.3) is 0 Å². The summed E-state index contributed by atoms with van der Waals surface area (Å²) in [6, 6.07) is 1.45. The zero-order chi connectivity index (χ0) is 12.5. The molecule has 5 heteroatoms. The topological polar surface area (TPSA) is 25.4 Å². The third kappa shape index (κ3) is 2.53. The molecule has 1 aromatic rings. The lowest BCUT2D eigenvalue weighted by Crippen LogP contribution is -2.53. The number of ether oxygens (including phenoxy) is 1. The summed E-state index contributed by atoms with van der Waals surface area (Å²) >= 11 is 5.85. The minimum absolute atomic E-state index is 0.149. The van der Waals surface area contributed by atoms with Gasteiger partial charge in [-0.3, -0.25) is 0 Å². The average Bonchev–Trinajstić information content (AvgIpc) is 2.29. The Morgan fingerprint density at radius 3 is 3.00 bits per heavy atom. The number of pyridine rings is 1. The van der Waals surface area contributed by atoms with Gasteiger partial charge in [0.2, 0.25) is 0 Å². The Bertz CT molecular complexity index is 411. The molecular weight excluding hydrogens is 243 g/mol. The fourth-order valence-electron chi connectivity index (χ4n) is 2.07. The quantitative estimate of drug-likeness (QED) is 0.763. The molecule has 17 heavy (non-hydrogen) atoms. The predicted octanol–water partition coefficient (Wildman–Crippen LogP) is 2.57. The Morgan fingerprint density at radius 2 is 2.35 bits per heavy atom. The zero-order valence-electron chi connectivity index (χ0n) is 10.0. The van der Waals surface area contributed by atoms with Crippen molar-refractivity contribution in [2.75, 3.05) is 24.7 Å². The lowest BCUT2D eigenvalue weighted by atomic mass is 10.0. The van der Waals surface area contributed by atoms with E-state index in [1.165, 1.54) is 12.3 Å². The molecule has 0 bridgehead atoms. The van der Waals surface area contributed by atoms with Gasteiger partial charge in [0.1, 0.15) is 11.6 Å². The monoisotopic (exact) mass is 258 g/mol. The minimum atomic E-state index is -0.351. The molecule has 0 saturated carbocycles. The van der Waals surface area contributed by atoms with E-state index in [1.807, 2.05) is 0 Å². The van der Waals surface area contributed by atoms with Gasteiger partial charge in [-0.15, -0.1) is 11.6 Å². The summed E-state index contributed by atoms with van der Waals surface area (Å²) in [6.45, 7) is 6.19. The van der Waals surface area contributed by atoms with Gasteiger partial charge in [0.15, 0.2) is 0 Å². The van der Waals surface area contributed by atoms with Crippen molar-refractivity contribution in [3.8, 4) is 0 Å². The van der Waals surface area contributed by atoms with Gasteiger partial charge in [0.25, 0.3) is 0 Å². The Kier molecular flexibility index (Phi) is 3.54. The molecule has 0 unspecified atom stereocenters. The molecule has 0 aromatic carbocycles. The van der Waals surface area contributed by atoms with Crippen LogP contribution in [0.3, 0.4) is 0 Å². The maximum absolute atomic E-state index is 13.1. The number of nitrogens with zero attached hydrogens (tertiary/aromatic N) is 2. The van der Waals surface area contributed by atoms with Crippen molar-refractivity contribution < 1.29 is 9.13 Å². The minimum Gasteiger partial charge on any atom is -0.377 e. The highest BCUT2D eigenvalue weighted by Gasteiger charge is 2.32. The van der Waals surface area contributed by atoms with Crippen LogP contribution in [0.5, 0.6) is 0 Å². The molecule has 0 amide bonds. The second kappa shape index (κ2) is 4.78. The highest BCUT2D eigenvalue weighted by molar-refractivity contribution is 6.17. The Balaban J connectivity index is 2.38. The lowest BCUT2D eigenvalue weighted by Gasteiger charge is -2.43. The summed E-state index contributed by atoms with van der Waals surface area (Å²) in [5, 5.41) is 0. The van der Waals surface area contributed by atoms with Crippen molar-refractivity contribution >= 4 is 17.4 Å². The van der Waals surface area contributed by atoms with E-state index in [4.69, 9.17) is 16.3 Å². The number of morpholine rings is 1. The van der Waals surface area contributed by atoms with Crippen molar-refractivity contribution in [2.24, 2.45) is 0 Å². The van der Waals surface area contributed by atoms with Crippen molar-refractivity contribution in [3.63, 3.8) is 0 Å². The van der Waals surface area contributed by atoms with Crippen molar-refractivity contribution in [1.29, 1.82) is 0 Å². The average molecular weight is 259 g/mol. The van der Waals surface area contributed by atoms with Gasteiger partial charge in [-0.05, 0) is 19.9 Å². The molecule has 0 radical (unpaired) electrons. The van der Waals surface area contributed by atoms with E-state index < -0.39 is 0 Å². The maximum Gasteiger partial charge on any atom is 0.141 e. The van der Waals surface area contributed by atoms with Crippen molar-refractivity contribution in [1.82, 2.24) is 4.98 Å². The van der Waals surface area contributed by atoms with Crippen LogP contribution < -0.4 is 4.90 Å². The first-order valence-electron chi connectivity index (χ1n) is 5.60. The summed E-state index contributed by atoms with van der Waals surface area (Å²) in [5.74, 6) is 0.665. The van der Waals surface area contributed by atoms with Crippen LogP contribution in [0.15, 0.2) is 12.3 Å². The summed E-state index contributed by atoms with van der Waals surface area (Å²) < 4.78 is 18.6. The number of hydrogen-bond donors (Lipinski definition) is 0. The molecule has 2 heterocycles. The molecule has 1 aliphatic rings. The fraction of sp³-hybridized carbons (Fsp3) is 0.583. The number of hydrogen-bond acceptors (Lipinski definition) is 3. The van der Waals surface area contributed by atoms with Crippen LogP contribution in [0.4, 0.5) is 10.2 Å². The molecule has 0 aliphatic carbocycles. The molecule has 94 valence electrons. The number of aromatic nitrogens is 1. The highest BCUT2D eigenvalue weighted by Crippen LogP contribution is 2.29. The van der Waals surface area contributed by atoms with E-state index in [-0.39, 0.29) is 17.2 Å². The van der Waals surface area contributed by atoms with Gasteiger partial charge in [-0.25, -0.2) is 9.37 Å². The third-order valence-electron chi connectivity index (χ3n) is 2.95. The second-order valence-electron chi connectivity index (χ2n) is 4.79. The smallest absolute Gasteiger partial charge is 0.141 e. The Morgan fingerprint density at radius 1 is 1.59 bits per heavy atom. The molecule has 1 saturated heterocycles. The summed E-state index contributed by atoms with van der Waals surface area (Å²) in [7, 11) is 0. The van der Waals surface area contributed by atoms with E-state index in [2.05, 4.69) is 23.7 Å². The fourth-order valence-corrected chi connectivity index (χ4v) is 2.26. The molecule has 2 rings (SSSR count). The van der Waals surface area contributed by atoms with Gasteiger partial charge in [-0.2, -0.15) is 0 Å². The summed E-state index contributed by atoms with van der Waals surface area (Å²) in [4.78, 5) is 6.31. The molecule has 0 atom stereocenters. The molecule has 1 aliphatic heterocycles. The normalized spacial score (nSPS) is 19.4. The molecule has 3 nitrogen and oxygen atoms in total. The molecule has 0 N–H and O–H groups in total. The summed E-state index contributed by atoms with van der Waals surface area (Å²) in [5.41, 5.74) is 0.575. The van der Waals surface area contributed by atoms with E-state index in [0.717, 1.165) is 17.9 Å². The Labute approximate surface area is 106 Å². The van der Waals surface area contributed by atoms with E-state index >= 15 is 0 Å². The van der Waals surface area contributed by atoms with E-state index in [9.17, 15) is 4.39 Å². The van der Waals surface area contributed by atoms with Gasteiger partial charge >= 0.3 is 0 Å². The first-order chi connectivity index (χ1) is 8.04.